The number of nitrogens with zero attached hydrogens (tertiary/aromatic N) is 8. The van der Waals surface area contributed by atoms with Crippen LogP contribution in [-0.4, -0.2) is 66.4 Å². The minimum absolute atomic E-state index is 0.0921. The maximum atomic E-state index is 14.6. The fraction of sp³-hybridized carbons (Fsp3) is 0.273. The fourth-order valence-electron chi connectivity index (χ4n) is 6.58. The lowest BCUT2D eigenvalue weighted by atomic mass is 9.91. The van der Waals surface area contributed by atoms with E-state index in [1.807, 2.05) is 31.2 Å². The first-order valence-corrected chi connectivity index (χ1v) is 17.8. The van der Waals surface area contributed by atoms with Gasteiger partial charge in [0, 0.05) is 53.6 Å². The molecular weight excluding hydrogens is 689 g/mol. The molecule has 2 aliphatic rings. The van der Waals surface area contributed by atoms with Crippen molar-refractivity contribution >= 4 is 62.5 Å². The third-order valence-corrected chi connectivity index (χ3v) is 11.2. The smallest absolute Gasteiger partial charge is 0.261 e. The van der Waals surface area contributed by atoms with Gasteiger partial charge >= 0.3 is 0 Å². The highest BCUT2D eigenvalue weighted by molar-refractivity contribution is 7.89. The summed E-state index contributed by atoms with van der Waals surface area (Å²) in [5, 5.41) is 7.41. The molecule has 0 aliphatic carbocycles. The van der Waals surface area contributed by atoms with Crippen molar-refractivity contribution in [3.8, 4) is 11.1 Å². The Morgan fingerprint density at radius 2 is 1.73 bits per heavy atom. The summed E-state index contributed by atoms with van der Waals surface area (Å²) in [4.78, 5) is 42.1. The lowest BCUT2D eigenvalue weighted by molar-refractivity contribution is -0.124. The van der Waals surface area contributed by atoms with Crippen LogP contribution >= 0.6 is 23.2 Å². The Kier molecular flexibility index (Phi) is 8.51. The van der Waals surface area contributed by atoms with Gasteiger partial charge < -0.3 is 5.32 Å². The van der Waals surface area contributed by atoms with Crippen molar-refractivity contribution in [3.63, 3.8) is 0 Å². The van der Waals surface area contributed by atoms with E-state index in [0.29, 0.717) is 40.9 Å². The van der Waals surface area contributed by atoms with Gasteiger partial charge in [0.2, 0.25) is 11.9 Å². The molecular formula is C33H31Cl2N9O4S. The molecule has 7 rings (SSSR count). The Hall–Kier alpha value is -4.63. The summed E-state index contributed by atoms with van der Waals surface area (Å²) < 4.78 is 33.4. The van der Waals surface area contributed by atoms with E-state index in [4.69, 9.17) is 23.2 Å². The van der Waals surface area contributed by atoms with Gasteiger partial charge in [0.05, 0.1) is 18.1 Å². The van der Waals surface area contributed by atoms with Gasteiger partial charge in [-0.25, -0.2) is 33.0 Å². The van der Waals surface area contributed by atoms with Crippen molar-refractivity contribution in [1.82, 2.24) is 33.6 Å². The second-order valence-corrected chi connectivity index (χ2v) is 14.8. The first-order chi connectivity index (χ1) is 23.5. The highest BCUT2D eigenvalue weighted by atomic mass is 35.5. The van der Waals surface area contributed by atoms with E-state index in [9.17, 15) is 18.0 Å². The Bertz CT molecular complexity index is 2150. The summed E-state index contributed by atoms with van der Waals surface area (Å²) in [5.74, 6) is -0.318. The number of nitrogens with one attached hydrogen (secondary N) is 1. The van der Waals surface area contributed by atoms with Gasteiger partial charge in [-0.1, -0.05) is 47.5 Å². The molecule has 0 saturated carbocycles. The van der Waals surface area contributed by atoms with Crippen molar-refractivity contribution in [2.24, 2.45) is 0 Å². The average molecular weight is 721 g/mol. The van der Waals surface area contributed by atoms with Gasteiger partial charge in [0.25, 0.3) is 15.9 Å². The maximum Gasteiger partial charge on any atom is 0.261 e. The van der Waals surface area contributed by atoms with Crippen LogP contribution in [0.5, 0.6) is 0 Å². The SMILES string of the molecule is CCn1nccc1NC(=O)[C@@H]1CCCN1S(=O)(=O)c1cnc2n1[C@](C)(Cc1ccc(-c3cncnc3)cc1)C(=O)N2c1cc(Cl)cc(Cl)c1. The molecule has 13 nitrogen and oxygen atoms in total. The highest BCUT2D eigenvalue weighted by Crippen LogP contribution is 2.45. The van der Waals surface area contributed by atoms with E-state index < -0.39 is 33.4 Å². The average Bonchev–Trinajstić information content (AvgIpc) is 3.88. The number of sulfonamides is 1. The van der Waals surface area contributed by atoms with E-state index >= 15 is 0 Å². The molecule has 16 heteroatoms. The number of fused-ring (bicyclic) bond motifs is 1. The summed E-state index contributed by atoms with van der Waals surface area (Å²) in [5.41, 5.74) is 1.37. The minimum atomic E-state index is -4.36. The molecule has 0 unspecified atom stereocenters. The summed E-state index contributed by atoms with van der Waals surface area (Å²) in [6, 6.07) is 12.9. The van der Waals surface area contributed by atoms with Gasteiger partial charge in [-0.15, -0.1) is 0 Å². The molecule has 0 bridgehead atoms. The largest absolute Gasteiger partial charge is 0.310 e. The quantitative estimate of drug-likeness (QED) is 0.216. The molecule has 5 heterocycles. The first-order valence-electron chi connectivity index (χ1n) is 15.6. The number of hydrogen-bond donors (Lipinski definition) is 1. The van der Waals surface area contributed by atoms with Gasteiger partial charge in [0.1, 0.15) is 23.7 Å². The first kappa shape index (κ1) is 32.9. The zero-order valence-corrected chi connectivity index (χ0v) is 28.8. The zero-order valence-electron chi connectivity index (χ0n) is 26.5. The molecule has 0 spiro atoms. The number of aromatic nitrogens is 6. The van der Waals surface area contributed by atoms with Crippen molar-refractivity contribution in [1.29, 1.82) is 0 Å². The number of imidazole rings is 1. The highest BCUT2D eigenvalue weighted by Gasteiger charge is 2.53. The van der Waals surface area contributed by atoms with Crippen molar-refractivity contribution in [2.45, 2.75) is 56.3 Å². The molecule has 3 aromatic heterocycles. The molecule has 1 fully saturated rings. The molecule has 1 N–H and O–H groups in total. The molecule has 5 aromatic rings. The Balaban J connectivity index is 1.29. The monoisotopic (exact) mass is 719 g/mol. The van der Waals surface area contributed by atoms with Crippen molar-refractivity contribution in [2.75, 3.05) is 16.8 Å². The normalized spacial score (nSPS) is 19.4. The molecule has 2 aromatic carbocycles. The van der Waals surface area contributed by atoms with Crippen LogP contribution in [0.4, 0.5) is 17.5 Å². The lowest BCUT2D eigenvalue weighted by Gasteiger charge is -2.29. The van der Waals surface area contributed by atoms with E-state index in [0.717, 1.165) is 16.7 Å². The predicted molar refractivity (Wildman–Crippen MR) is 184 cm³/mol. The van der Waals surface area contributed by atoms with Gasteiger partial charge in [-0.05, 0) is 56.0 Å². The van der Waals surface area contributed by atoms with Crippen LogP contribution in [0.1, 0.15) is 32.3 Å². The Labute approximate surface area is 292 Å². The van der Waals surface area contributed by atoms with Gasteiger partial charge in [-0.3, -0.25) is 14.2 Å². The molecule has 2 atom stereocenters. The van der Waals surface area contributed by atoms with E-state index in [1.165, 1.54) is 26.3 Å². The number of hydrogen-bond acceptors (Lipinski definition) is 8. The van der Waals surface area contributed by atoms with Crippen LogP contribution in [0.2, 0.25) is 10.0 Å². The number of carbonyl (C=O) groups is 2. The number of rotatable bonds is 9. The zero-order chi connectivity index (χ0) is 34.5. The predicted octanol–water partition coefficient (Wildman–Crippen LogP) is 5.29. The van der Waals surface area contributed by atoms with Crippen LogP contribution in [0.25, 0.3) is 11.1 Å². The molecule has 1 saturated heterocycles. The third-order valence-electron chi connectivity index (χ3n) is 8.92. The van der Waals surface area contributed by atoms with Crippen LogP contribution in [-0.2, 0) is 38.1 Å². The number of anilines is 3. The van der Waals surface area contributed by atoms with E-state index in [1.54, 1.807) is 54.5 Å². The van der Waals surface area contributed by atoms with E-state index in [-0.39, 0.29) is 23.9 Å². The number of halogens is 2. The molecule has 49 heavy (non-hydrogen) atoms. The van der Waals surface area contributed by atoms with Crippen LogP contribution in [0.3, 0.4) is 0 Å². The topological polar surface area (TPSA) is 148 Å². The lowest BCUT2D eigenvalue weighted by Crippen LogP contribution is -2.46. The Morgan fingerprint density at radius 3 is 2.43 bits per heavy atom. The standard InChI is InChI=1S/C33H31Cl2N9O4S/c1-3-41-28(10-11-39-41)40-30(45)27-5-4-12-42(27)49(47,48)29-19-38-32-43(26-14-24(34)13-25(35)15-26)31(46)33(2,44(29)32)16-21-6-8-22(9-7-21)23-17-36-20-37-18-23/h6-11,13-15,17-20,27H,3-5,12,16H2,1-2H3,(H,40,45)/t27-,33+/m0/s1. The Morgan fingerprint density at radius 1 is 1.02 bits per heavy atom. The number of benzene rings is 2. The van der Waals surface area contributed by atoms with Gasteiger partial charge in [-0.2, -0.15) is 9.40 Å². The van der Waals surface area contributed by atoms with Crippen LogP contribution < -0.4 is 10.2 Å². The summed E-state index contributed by atoms with van der Waals surface area (Å²) >= 11 is 12.7. The number of carbonyl (C=O) groups excluding carboxylic acids is 2. The molecule has 252 valence electrons. The number of aryl methyl sites for hydroxylation is 1. The molecule has 2 amide bonds. The summed E-state index contributed by atoms with van der Waals surface area (Å²) in [6.45, 7) is 4.23. The minimum Gasteiger partial charge on any atom is -0.310 e. The van der Waals surface area contributed by atoms with Crippen LogP contribution in [0.15, 0.2) is 84.7 Å². The third kappa shape index (κ3) is 5.78. The number of amides is 2. The van der Waals surface area contributed by atoms with Gasteiger partial charge in [0.15, 0.2) is 5.03 Å². The second-order valence-electron chi connectivity index (χ2n) is 12.1. The van der Waals surface area contributed by atoms with Crippen molar-refractivity contribution in [3.05, 3.63) is 95.3 Å². The molecule has 0 radical (unpaired) electrons. The van der Waals surface area contributed by atoms with E-state index in [2.05, 4.69) is 25.4 Å². The maximum absolute atomic E-state index is 14.6. The van der Waals surface area contributed by atoms with Crippen molar-refractivity contribution < 1.29 is 18.0 Å². The fourth-order valence-corrected chi connectivity index (χ4v) is 8.94. The van der Waals surface area contributed by atoms with Crippen LogP contribution in [0, 0.1) is 0 Å². The molecule has 2 aliphatic heterocycles. The second kappa shape index (κ2) is 12.7. The summed E-state index contributed by atoms with van der Waals surface area (Å²) in [6.07, 6.45) is 8.61. The summed E-state index contributed by atoms with van der Waals surface area (Å²) in [7, 11) is -4.36.